The van der Waals surface area contributed by atoms with Crippen LogP contribution in [0.15, 0.2) is 0 Å². The number of thiol groups is 1. The maximum atomic E-state index is 11.1. The third-order valence-corrected chi connectivity index (χ3v) is 6.83. The normalized spacial score (nSPS) is 27.8. The Morgan fingerprint density at radius 3 is 2.10 bits per heavy atom. The number of hydrogen-bond acceptors (Lipinski definition) is 1. The molecule has 1 N–H and O–H groups in total. The minimum absolute atomic E-state index is 0.0372. The SMILES string of the molecule is O=[As](O)(S)C1CCCCC1. The molecule has 0 heterocycles. The van der Waals surface area contributed by atoms with Gasteiger partial charge in [0.2, 0.25) is 0 Å². The monoisotopic (exact) mass is 224 g/mol. The molecule has 1 saturated carbocycles. The van der Waals surface area contributed by atoms with Crippen LogP contribution in [0.4, 0.5) is 0 Å². The van der Waals surface area contributed by atoms with Crippen molar-refractivity contribution in [2.24, 2.45) is 0 Å². The summed E-state index contributed by atoms with van der Waals surface area (Å²) in [5.41, 5.74) is 0. The molecular formula is C6H13AsO2S. The summed E-state index contributed by atoms with van der Waals surface area (Å²) in [7, 11) is 3.77. The van der Waals surface area contributed by atoms with Gasteiger partial charge in [0.15, 0.2) is 0 Å². The fourth-order valence-corrected chi connectivity index (χ4v) is 4.79. The first kappa shape index (κ1) is 8.76. The van der Waals surface area contributed by atoms with E-state index >= 15 is 0 Å². The topological polar surface area (TPSA) is 37.3 Å². The molecule has 1 aliphatic rings. The van der Waals surface area contributed by atoms with E-state index in [0.29, 0.717) is 0 Å². The van der Waals surface area contributed by atoms with Crippen molar-refractivity contribution in [2.45, 2.75) is 36.8 Å². The molecule has 4 heteroatoms. The summed E-state index contributed by atoms with van der Waals surface area (Å²) >= 11 is -3.63. The second kappa shape index (κ2) is 3.38. The predicted molar refractivity (Wildman–Crippen MR) is 44.5 cm³/mol. The van der Waals surface area contributed by atoms with Crippen LogP contribution in [-0.2, 0) is 3.74 Å². The fourth-order valence-electron chi connectivity index (χ4n) is 1.42. The molecule has 1 unspecified atom stereocenters. The van der Waals surface area contributed by atoms with E-state index in [1.54, 1.807) is 0 Å². The van der Waals surface area contributed by atoms with E-state index in [1.165, 1.54) is 6.42 Å². The van der Waals surface area contributed by atoms with E-state index in [2.05, 4.69) is 10.9 Å². The van der Waals surface area contributed by atoms with Gasteiger partial charge in [-0.05, 0) is 0 Å². The van der Waals surface area contributed by atoms with E-state index in [4.69, 9.17) is 4.10 Å². The first-order valence-electron chi connectivity index (χ1n) is 3.66. The van der Waals surface area contributed by atoms with Crippen molar-refractivity contribution in [3.63, 3.8) is 0 Å². The van der Waals surface area contributed by atoms with Crippen molar-refractivity contribution in [3.8, 4) is 0 Å². The molecule has 1 atom stereocenters. The summed E-state index contributed by atoms with van der Waals surface area (Å²) in [6.07, 6.45) is 5.27. The molecular weight excluding hydrogens is 211 g/mol. The van der Waals surface area contributed by atoms with Crippen molar-refractivity contribution in [2.75, 3.05) is 0 Å². The summed E-state index contributed by atoms with van der Waals surface area (Å²) in [5, 5.41) is 0. The quantitative estimate of drug-likeness (QED) is 0.524. The second-order valence-electron chi connectivity index (χ2n) is 2.88. The molecule has 0 aromatic rings. The van der Waals surface area contributed by atoms with Crippen LogP contribution in [-0.4, -0.2) is 16.8 Å². The van der Waals surface area contributed by atoms with E-state index < -0.39 is 12.7 Å². The van der Waals surface area contributed by atoms with Crippen LogP contribution >= 0.6 is 10.9 Å². The molecule has 1 fully saturated rings. The van der Waals surface area contributed by atoms with Crippen molar-refractivity contribution >= 4 is 23.6 Å². The summed E-state index contributed by atoms with van der Waals surface area (Å²) in [6.45, 7) is 0. The van der Waals surface area contributed by atoms with Gasteiger partial charge in [-0.2, -0.15) is 0 Å². The molecule has 0 bridgehead atoms. The molecule has 2 nitrogen and oxygen atoms in total. The zero-order valence-corrected chi connectivity index (χ0v) is 8.63. The van der Waals surface area contributed by atoms with Crippen LogP contribution in [0.2, 0.25) is 4.71 Å². The van der Waals surface area contributed by atoms with Crippen molar-refractivity contribution in [1.82, 2.24) is 0 Å². The summed E-state index contributed by atoms with van der Waals surface area (Å²) in [6, 6.07) is 0. The van der Waals surface area contributed by atoms with Gasteiger partial charge in [0, 0.05) is 0 Å². The first-order valence-corrected chi connectivity index (χ1v) is 9.26. The Bertz CT molecular complexity index is 148. The van der Waals surface area contributed by atoms with Gasteiger partial charge in [0.05, 0.1) is 0 Å². The van der Waals surface area contributed by atoms with Crippen molar-refractivity contribution < 1.29 is 7.84 Å². The van der Waals surface area contributed by atoms with Gasteiger partial charge in [-0.25, -0.2) is 0 Å². The third-order valence-electron chi connectivity index (χ3n) is 2.05. The Balaban J connectivity index is 2.47. The first-order chi connectivity index (χ1) is 4.61. The van der Waals surface area contributed by atoms with E-state index in [-0.39, 0.29) is 4.71 Å². The standard InChI is InChI=1S/C6H13AsO2S/c8-7(9,10)6-4-2-1-3-5-6/h6H,1-5H2,(H2,8,9,10). The Morgan fingerprint density at radius 2 is 1.80 bits per heavy atom. The zero-order chi connectivity index (χ0) is 7.61. The van der Waals surface area contributed by atoms with E-state index in [0.717, 1.165) is 25.7 Å². The molecule has 0 amide bonds. The molecule has 60 valence electrons. The Kier molecular flexibility index (Phi) is 2.96. The Hall–Kier alpha value is 0.668. The average Bonchev–Trinajstić information content (AvgIpc) is 1.88. The summed E-state index contributed by atoms with van der Waals surface area (Å²) < 4.78 is 20.2. The van der Waals surface area contributed by atoms with Crippen LogP contribution in [0.3, 0.4) is 0 Å². The molecule has 1 rings (SSSR count). The Morgan fingerprint density at radius 1 is 1.30 bits per heavy atom. The zero-order valence-electron chi connectivity index (χ0n) is 5.86. The second-order valence-corrected chi connectivity index (χ2v) is 9.86. The molecule has 0 aliphatic heterocycles. The Labute approximate surface area is 68.4 Å². The number of hydrogen-bond donors (Lipinski definition) is 2. The molecule has 10 heavy (non-hydrogen) atoms. The molecule has 0 radical (unpaired) electrons. The van der Waals surface area contributed by atoms with Crippen LogP contribution in [0.5, 0.6) is 0 Å². The molecule has 1 aliphatic carbocycles. The van der Waals surface area contributed by atoms with Crippen LogP contribution in [0.25, 0.3) is 0 Å². The minimum atomic E-state index is -3.63. The van der Waals surface area contributed by atoms with Gasteiger partial charge in [-0.3, -0.25) is 0 Å². The molecule has 0 aromatic heterocycles. The van der Waals surface area contributed by atoms with Crippen LogP contribution in [0.1, 0.15) is 32.1 Å². The van der Waals surface area contributed by atoms with Gasteiger partial charge < -0.3 is 0 Å². The summed E-state index contributed by atoms with van der Waals surface area (Å²) in [5.74, 6) is 0. The van der Waals surface area contributed by atoms with Gasteiger partial charge in [-0.1, -0.05) is 0 Å². The van der Waals surface area contributed by atoms with Gasteiger partial charge in [0.25, 0.3) is 0 Å². The van der Waals surface area contributed by atoms with Gasteiger partial charge >= 0.3 is 68.2 Å². The molecule has 0 aromatic carbocycles. The summed E-state index contributed by atoms with van der Waals surface area (Å²) in [4.78, 5) is 0. The van der Waals surface area contributed by atoms with E-state index in [1.807, 2.05) is 0 Å². The predicted octanol–water partition coefficient (Wildman–Crippen LogP) is 1.61. The van der Waals surface area contributed by atoms with E-state index in [9.17, 15) is 3.74 Å². The van der Waals surface area contributed by atoms with Gasteiger partial charge in [-0.15, -0.1) is 0 Å². The van der Waals surface area contributed by atoms with Crippen molar-refractivity contribution in [3.05, 3.63) is 0 Å². The van der Waals surface area contributed by atoms with Crippen LogP contribution in [0, 0.1) is 0 Å². The maximum absolute atomic E-state index is 11.1. The van der Waals surface area contributed by atoms with Gasteiger partial charge in [0.1, 0.15) is 0 Å². The van der Waals surface area contributed by atoms with Crippen LogP contribution < -0.4 is 0 Å². The fraction of sp³-hybridized carbons (Fsp3) is 1.00. The average molecular weight is 224 g/mol. The third kappa shape index (κ3) is 2.37. The molecule has 0 saturated heterocycles. The van der Waals surface area contributed by atoms with Crippen molar-refractivity contribution in [1.29, 1.82) is 0 Å². The molecule has 0 spiro atoms. The number of rotatable bonds is 1.